The maximum Gasteiger partial charge on any atom is 0.261 e. The van der Waals surface area contributed by atoms with Crippen LogP contribution in [0.5, 0.6) is 0 Å². The van der Waals surface area contributed by atoms with E-state index >= 15 is 0 Å². The zero-order valence-corrected chi connectivity index (χ0v) is 8.01. The molecular weight excluding hydrogens is 190 g/mol. The van der Waals surface area contributed by atoms with Crippen LogP contribution in [-0.4, -0.2) is 10.1 Å². The Balaban J connectivity index is 2.97. The van der Waals surface area contributed by atoms with Gasteiger partial charge >= 0.3 is 0 Å². The summed E-state index contributed by atoms with van der Waals surface area (Å²) < 4.78 is 4.89. The third-order valence-electron chi connectivity index (χ3n) is 2.06. The summed E-state index contributed by atoms with van der Waals surface area (Å²) in [5.74, 6) is 0.288. The lowest BCUT2D eigenvalue weighted by Crippen LogP contribution is -1.90. The van der Waals surface area contributed by atoms with Gasteiger partial charge in [-0.2, -0.15) is 0 Å². The molecule has 0 amide bonds. The second-order valence-corrected chi connectivity index (χ2v) is 3.26. The monoisotopic (exact) mass is 197 g/mol. The number of halogens is 1. The van der Waals surface area contributed by atoms with Gasteiger partial charge in [0.05, 0.1) is 5.02 Å². The SMILES string of the molecule is Cc1nc2onc(N)c2c(Cl)c1C. The molecule has 2 aromatic heterocycles. The largest absolute Gasteiger partial charge is 0.380 e. The van der Waals surface area contributed by atoms with Crippen molar-refractivity contribution in [2.24, 2.45) is 0 Å². The van der Waals surface area contributed by atoms with Crippen molar-refractivity contribution in [1.82, 2.24) is 10.1 Å². The number of nitrogens with zero attached hydrogens (tertiary/aromatic N) is 2. The van der Waals surface area contributed by atoms with Crippen LogP contribution in [0.15, 0.2) is 4.52 Å². The van der Waals surface area contributed by atoms with Gasteiger partial charge < -0.3 is 10.3 Å². The van der Waals surface area contributed by atoms with E-state index in [9.17, 15) is 0 Å². The van der Waals surface area contributed by atoms with Gasteiger partial charge in [-0.15, -0.1) is 0 Å². The number of hydrogen-bond acceptors (Lipinski definition) is 4. The quantitative estimate of drug-likeness (QED) is 0.702. The molecule has 0 unspecified atom stereocenters. The van der Waals surface area contributed by atoms with Crippen LogP contribution >= 0.6 is 11.6 Å². The van der Waals surface area contributed by atoms with Crippen LogP contribution in [0.4, 0.5) is 5.82 Å². The predicted molar refractivity (Wildman–Crippen MR) is 50.7 cm³/mol. The minimum absolute atomic E-state index is 0.288. The molecule has 0 aliphatic carbocycles. The van der Waals surface area contributed by atoms with Crippen molar-refractivity contribution in [2.45, 2.75) is 13.8 Å². The average molecular weight is 198 g/mol. The summed E-state index contributed by atoms with van der Waals surface area (Å²) >= 11 is 6.06. The third-order valence-corrected chi connectivity index (χ3v) is 2.53. The maximum absolute atomic E-state index is 6.06. The van der Waals surface area contributed by atoms with E-state index in [1.54, 1.807) is 0 Å². The Kier molecular flexibility index (Phi) is 1.66. The highest BCUT2D eigenvalue weighted by Gasteiger charge is 2.14. The first-order valence-electron chi connectivity index (χ1n) is 3.79. The maximum atomic E-state index is 6.06. The van der Waals surface area contributed by atoms with E-state index in [1.807, 2.05) is 13.8 Å². The van der Waals surface area contributed by atoms with Crippen molar-refractivity contribution in [3.63, 3.8) is 0 Å². The zero-order chi connectivity index (χ0) is 9.59. The molecule has 0 saturated heterocycles. The Labute approximate surface area is 79.7 Å². The van der Waals surface area contributed by atoms with Gasteiger partial charge in [0.15, 0.2) is 5.82 Å². The summed E-state index contributed by atoms with van der Waals surface area (Å²) in [7, 11) is 0. The molecule has 0 aromatic carbocycles. The van der Waals surface area contributed by atoms with Gasteiger partial charge in [0, 0.05) is 5.69 Å². The zero-order valence-electron chi connectivity index (χ0n) is 7.26. The molecular formula is C8H8ClN3O. The molecule has 13 heavy (non-hydrogen) atoms. The highest BCUT2D eigenvalue weighted by atomic mass is 35.5. The number of fused-ring (bicyclic) bond motifs is 1. The average Bonchev–Trinajstić information content (AvgIpc) is 2.43. The first-order valence-corrected chi connectivity index (χ1v) is 4.16. The lowest BCUT2D eigenvalue weighted by Gasteiger charge is -2.01. The van der Waals surface area contributed by atoms with Crippen molar-refractivity contribution in [3.8, 4) is 0 Å². The van der Waals surface area contributed by atoms with E-state index in [0.29, 0.717) is 16.1 Å². The van der Waals surface area contributed by atoms with Crippen molar-refractivity contribution in [2.75, 3.05) is 5.73 Å². The number of aryl methyl sites for hydroxylation is 1. The molecule has 2 heterocycles. The number of nitrogens with two attached hydrogens (primary N) is 1. The molecule has 2 aromatic rings. The number of nitrogen functional groups attached to an aromatic ring is 1. The van der Waals surface area contributed by atoms with E-state index in [4.69, 9.17) is 21.9 Å². The molecule has 0 radical (unpaired) electrons. The normalized spacial score (nSPS) is 11.0. The smallest absolute Gasteiger partial charge is 0.261 e. The van der Waals surface area contributed by atoms with Crippen molar-refractivity contribution in [3.05, 3.63) is 16.3 Å². The second-order valence-electron chi connectivity index (χ2n) is 2.88. The van der Waals surface area contributed by atoms with E-state index < -0.39 is 0 Å². The lowest BCUT2D eigenvalue weighted by atomic mass is 10.2. The van der Waals surface area contributed by atoms with Crippen LogP contribution in [-0.2, 0) is 0 Å². The molecule has 68 valence electrons. The first kappa shape index (κ1) is 8.31. The van der Waals surface area contributed by atoms with Crippen molar-refractivity contribution < 1.29 is 4.52 Å². The summed E-state index contributed by atoms with van der Waals surface area (Å²) in [5, 5.41) is 4.77. The van der Waals surface area contributed by atoms with Crippen LogP contribution in [0.1, 0.15) is 11.3 Å². The fourth-order valence-corrected chi connectivity index (χ4v) is 1.47. The van der Waals surface area contributed by atoms with Gasteiger partial charge in [-0.25, -0.2) is 4.98 Å². The number of aromatic nitrogens is 2. The highest BCUT2D eigenvalue weighted by molar-refractivity contribution is 6.36. The van der Waals surface area contributed by atoms with E-state index in [0.717, 1.165) is 11.3 Å². The summed E-state index contributed by atoms with van der Waals surface area (Å²) in [4.78, 5) is 4.16. The molecule has 2 rings (SSSR count). The van der Waals surface area contributed by atoms with Crippen LogP contribution in [0, 0.1) is 13.8 Å². The molecule has 5 heteroatoms. The Morgan fingerprint density at radius 1 is 1.38 bits per heavy atom. The molecule has 0 spiro atoms. The molecule has 0 atom stereocenters. The summed E-state index contributed by atoms with van der Waals surface area (Å²) in [6.07, 6.45) is 0. The molecule has 0 saturated carbocycles. The van der Waals surface area contributed by atoms with Gasteiger partial charge in [-0.05, 0) is 19.4 Å². The van der Waals surface area contributed by atoms with E-state index in [-0.39, 0.29) is 5.82 Å². The highest BCUT2D eigenvalue weighted by Crippen LogP contribution is 2.30. The molecule has 0 aliphatic rings. The third kappa shape index (κ3) is 1.06. The minimum Gasteiger partial charge on any atom is -0.380 e. The second kappa shape index (κ2) is 2.60. The number of rotatable bonds is 0. The Hall–Kier alpha value is -1.29. The van der Waals surface area contributed by atoms with Gasteiger partial charge in [0.2, 0.25) is 0 Å². The molecule has 0 fully saturated rings. The van der Waals surface area contributed by atoms with Crippen LogP contribution in [0.2, 0.25) is 5.02 Å². The molecule has 2 N–H and O–H groups in total. The topological polar surface area (TPSA) is 64.9 Å². The van der Waals surface area contributed by atoms with Crippen molar-refractivity contribution in [1.29, 1.82) is 0 Å². The number of hydrogen-bond donors (Lipinski definition) is 1. The van der Waals surface area contributed by atoms with E-state index in [1.165, 1.54) is 0 Å². The Morgan fingerprint density at radius 3 is 2.77 bits per heavy atom. The van der Waals surface area contributed by atoms with Crippen LogP contribution < -0.4 is 5.73 Å². The summed E-state index contributed by atoms with van der Waals surface area (Å²) in [6.45, 7) is 3.75. The minimum atomic E-state index is 0.288. The van der Waals surface area contributed by atoms with Gasteiger partial charge in [-0.3, -0.25) is 0 Å². The number of anilines is 1. The Morgan fingerprint density at radius 2 is 2.08 bits per heavy atom. The van der Waals surface area contributed by atoms with Gasteiger partial charge in [0.25, 0.3) is 5.71 Å². The summed E-state index contributed by atoms with van der Waals surface area (Å²) in [5.41, 5.74) is 7.69. The molecule has 4 nitrogen and oxygen atoms in total. The first-order chi connectivity index (χ1) is 6.11. The van der Waals surface area contributed by atoms with Gasteiger partial charge in [-0.1, -0.05) is 16.8 Å². The van der Waals surface area contributed by atoms with Crippen molar-refractivity contribution >= 4 is 28.5 Å². The number of pyridine rings is 1. The predicted octanol–water partition coefficient (Wildman–Crippen LogP) is 2.08. The molecule has 0 bridgehead atoms. The van der Waals surface area contributed by atoms with Gasteiger partial charge in [0.1, 0.15) is 5.39 Å². The molecule has 0 aliphatic heterocycles. The lowest BCUT2D eigenvalue weighted by molar-refractivity contribution is 0.452. The van der Waals surface area contributed by atoms with Crippen LogP contribution in [0.25, 0.3) is 11.1 Å². The van der Waals surface area contributed by atoms with E-state index in [2.05, 4.69) is 10.1 Å². The summed E-state index contributed by atoms with van der Waals surface area (Å²) in [6, 6.07) is 0. The standard InChI is InChI=1S/C8H8ClN3O/c1-3-4(2)11-8-5(6(3)9)7(10)12-13-8/h1-2H3,(H2,10,12). The van der Waals surface area contributed by atoms with Crippen LogP contribution in [0.3, 0.4) is 0 Å². The Bertz CT molecular complexity index is 478. The fraction of sp³-hybridized carbons (Fsp3) is 0.250. The fourth-order valence-electron chi connectivity index (χ4n) is 1.16.